The molecule has 0 fully saturated rings. The van der Waals surface area contributed by atoms with Crippen molar-refractivity contribution in [1.29, 1.82) is 0 Å². The van der Waals surface area contributed by atoms with Crippen molar-refractivity contribution in [1.82, 2.24) is 0 Å². The first-order valence-electron chi connectivity index (χ1n) is 6.89. The number of hydrogen-bond acceptors (Lipinski definition) is 3. The van der Waals surface area contributed by atoms with Crippen molar-refractivity contribution in [3.63, 3.8) is 0 Å². The third-order valence-corrected chi connectivity index (χ3v) is 2.34. The number of rotatable bonds is 7. The van der Waals surface area contributed by atoms with Crippen LogP contribution in [-0.4, -0.2) is 40.9 Å². The van der Waals surface area contributed by atoms with Gasteiger partial charge in [0.1, 0.15) is 6.61 Å². The predicted molar refractivity (Wildman–Crippen MR) is 69.5 cm³/mol. The lowest BCUT2D eigenvalue weighted by atomic mass is 10.1. The number of allylic oxidation sites excluding steroid dienone is 2. The Labute approximate surface area is 123 Å². The molecule has 21 heavy (non-hydrogen) atoms. The topological polar surface area (TPSA) is 82.9 Å². The fraction of sp³-hybridized carbons (Fsp3) is 0.538. The maximum atomic E-state index is 12.3. The molecule has 0 aromatic carbocycles. The van der Waals surface area contributed by atoms with Crippen molar-refractivity contribution in [2.24, 2.45) is 0 Å². The Morgan fingerprint density at radius 1 is 1.48 bits per heavy atom. The second-order valence-corrected chi connectivity index (χ2v) is 4.23. The maximum Gasteiger partial charge on any atom is 0.503 e. The number of halogens is 3. The zero-order chi connectivity index (χ0) is 18.3. The van der Waals surface area contributed by atoms with Gasteiger partial charge in [-0.1, -0.05) is 17.7 Å². The van der Waals surface area contributed by atoms with E-state index in [0.29, 0.717) is 24.0 Å². The Morgan fingerprint density at radius 2 is 2.10 bits per heavy atom. The van der Waals surface area contributed by atoms with Crippen molar-refractivity contribution in [3.05, 3.63) is 28.8 Å². The van der Waals surface area contributed by atoms with Gasteiger partial charge in [0.15, 0.2) is 0 Å². The van der Waals surface area contributed by atoms with Crippen molar-refractivity contribution >= 4 is 11.7 Å². The molecule has 0 heterocycles. The number of nitrogens with zero attached hydrogens (tertiary/aromatic N) is 2. The molecule has 0 spiro atoms. The van der Waals surface area contributed by atoms with Gasteiger partial charge in [-0.3, -0.25) is 0 Å². The van der Waals surface area contributed by atoms with Gasteiger partial charge in [0, 0.05) is 0 Å². The molecule has 118 valence electrons. The Morgan fingerprint density at radius 3 is 2.57 bits per heavy atom. The van der Waals surface area contributed by atoms with Crippen LogP contribution in [0.2, 0.25) is 0 Å². The summed E-state index contributed by atoms with van der Waals surface area (Å²) >= 11 is 0. The minimum atomic E-state index is -5.10. The number of esters is 1. The van der Waals surface area contributed by atoms with Crippen LogP contribution in [0, 0.1) is 0 Å². The van der Waals surface area contributed by atoms with Crippen LogP contribution < -0.4 is 0 Å². The number of carbonyl (C=O) groups excluding carboxylic acids is 1. The highest BCUT2D eigenvalue weighted by Crippen LogP contribution is 2.17. The van der Waals surface area contributed by atoms with E-state index in [1.165, 1.54) is 6.92 Å². The molecule has 0 aliphatic carbocycles. The molecular formula is C13H17F3N2O3. The first-order chi connectivity index (χ1) is 10.4. The first-order valence-corrected chi connectivity index (χ1v) is 5.89. The number of alkyl halides is 3. The quantitative estimate of drug-likeness (QED) is 0.258. The first kappa shape index (κ1) is 15.5. The Balaban J connectivity index is 4.46. The summed E-state index contributed by atoms with van der Waals surface area (Å²) < 4.78 is 55.1. The molecule has 0 amide bonds. The van der Waals surface area contributed by atoms with Gasteiger partial charge in [0.2, 0.25) is 0 Å². The second-order valence-electron chi connectivity index (χ2n) is 4.23. The largest absolute Gasteiger partial charge is 0.503 e. The van der Waals surface area contributed by atoms with Gasteiger partial charge in [-0.2, -0.15) is 18.0 Å². The standard InChI is InChI=1S/C13H17F3N2O3/c1-9(6-7-19)4-3-5-10(2)8-21-12(20)11(18-17)13(14,15)16/h5-6,19H,3-4,7-8H2,1-2H3/b9-6+,10-5+/i7TD. The van der Waals surface area contributed by atoms with Gasteiger partial charge >= 0.3 is 17.9 Å². The average Bonchev–Trinajstić information content (AvgIpc) is 2.33. The molecule has 0 aliphatic rings. The van der Waals surface area contributed by atoms with Crippen LogP contribution in [0.3, 0.4) is 0 Å². The maximum absolute atomic E-state index is 12.3. The van der Waals surface area contributed by atoms with Gasteiger partial charge in [-0.15, -0.1) is 0 Å². The third kappa shape index (κ3) is 8.06. The summed E-state index contributed by atoms with van der Waals surface area (Å²) in [6.45, 7) is 0.332. The van der Waals surface area contributed by atoms with Crippen LogP contribution in [-0.2, 0) is 9.53 Å². The number of carbonyl (C=O) groups is 1. The predicted octanol–water partition coefficient (Wildman–Crippen LogP) is 2.43. The van der Waals surface area contributed by atoms with Crippen molar-refractivity contribution in [3.8, 4) is 0 Å². The van der Waals surface area contributed by atoms with Crippen molar-refractivity contribution < 1.29 is 35.3 Å². The highest BCUT2D eigenvalue weighted by Gasteiger charge is 2.51. The van der Waals surface area contributed by atoms with Gasteiger partial charge in [-0.05, 0) is 32.3 Å². The second kappa shape index (κ2) is 9.10. The van der Waals surface area contributed by atoms with Crippen LogP contribution in [0.5, 0.6) is 0 Å². The summed E-state index contributed by atoms with van der Waals surface area (Å²) in [6, 6.07) is 0. The number of hydrogen-bond donors (Lipinski definition) is 1. The van der Waals surface area contributed by atoms with Gasteiger partial charge in [0.25, 0.3) is 0 Å². The lowest BCUT2D eigenvalue weighted by molar-refractivity contribution is -0.153. The third-order valence-electron chi connectivity index (χ3n) is 2.34. The molecule has 0 aromatic heterocycles. The fourth-order valence-electron chi connectivity index (χ4n) is 1.25. The molecule has 0 radical (unpaired) electrons. The number of ether oxygens (including phenoxy) is 1. The molecule has 0 aromatic rings. The normalized spacial score (nSPS) is 17.2. The van der Waals surface area contributed by atoms with Crippen LogP contribution >= 0.6 is 0 Å². The fourth-order valence-corrected chi connectivity index (χ4v) is 1.25. The molecular weight excluding hydrogens is 289 g/mol. The Hall–Kier alpha value is -1.92. The van der Waals surface area contributed by atoms with Crippen LogP contribution in [0.4, 0.5) is 13.2 Å². The zero-order valence-corrected chi connectivity index (χ0v) is 11.6. The lowest BCUT2D eigenvalue weighted by Crippen LogP contribution is -2.33. The average molecular weight is 309 g/mol. The van der Waals surface area contributed by atoms with E-state index >= 15 is 0 Å². The molecule has 0 bridgehead atoms. The van der Waals surface area contributed by atoms with Gasteiger partial charge < -0.3 is 15.4 Å². The summed E-state index contributed by atoms with van der Waals surface area (Å²) in [5, 5.41) is 8.94. The molecule has 1 atom stereocenters. The van der Waals surface area contributed by atoms with E-state index in [-0.39, 0.29) is 0 Å². The summed E-state index contributed by atoms with van der Waals surface area (Å²) in [5.74, 6) is -1.78. The van der Waals surface area contributed by atoms with E-state index in [9.17, 15) is 18.0 Å². The summed E-state index contributed by atoms with van der Waals surface area (Å²) in [4.78, 5) is 13.0. The van der Waals surface area contributed by atoms with E-state index in [1.54, 1.807) is 13.0 Å². The van der Waals surface area contributed by atoms with E-state index in [1.807, 2.05) is 4.79 Å². The van der Waals surface area contributed by atoms with Crippen LogP contribution in [0.1, 0.15) is 29.4 Å². The molecule has 0 saturated heterocycles. The smallest absolute Gasteiger partial charge is 0.452 e. The molecule has 1 N–H and O–H groups in total. The van der Waals surface area contributed by atoms with E-state index < -0.39 is 31.0 Å². The molecule has 1 unspecified atom stereocenters. The Kier molecular flexibility index (Phi) is 6.70. The van der Waals surface area contributed by atoms with E-state index in [2.05, 4.69) is 4.74 Å². The minimum Gasteiger partial charge on any atom is -0.452 e. The van der Waals surface area contributed by atoms with Crippen molar-refractivity contribution in [2.45, 2.75) is 32.9 Å². The highest BCUT2D eigenvalue weighted by atomic mass is 19.4. The van der Waals surface area contributed by atoms with Crippen molar-refractivity contribution in [2.75, 3.05) is 13.2 Å². The van der Waals surface area contributed by atoms with E-state index in [0.717, 1.165) is 6.08 Å². The highest BCUT2D eigenvalue weighted by molar-refractivity contribution is 6.36. The SMILES string of the molecule is [2H]C([3H])(O)/C=C(\C)CC/C=C(\C)COC(=O)C(=[N+]=[N-])C(F)(F)F. The van der Waals surface area contributed by atoms with Crippen LogP contribution in [0.25, 0.3) is 5.53 Å². The number of aliphatic hydroxyl groups is 1. The lowest BCUT2D eigenvalue weighted by Gasteiger charge is -2.04. The Bertz CT molecular complexity index is 546. The monoisotopic (exact) mass is 309 g/mol. The summed E-state index contributed by atoms with van der Waals surface area (Å²) in [5.41, 5.74) is 7.21. The summed E-state index contributed by atoms with van der Waals surface area (Å²) in [6.07, 6.45) is -1.63. The molecule has 0 aliphatic heterocycles. The molecule has 0 rings (SSSR count). The molecule has 8 heteroatoms. The molecule has 5 nitrogen and oxygen atoms in total. The van der Waals surface area contributed by atoms with E-state index in [4.69, 9.17) is 13.4 Å². The summed E-state index contributed by atoms with van der Waals surface area (Å²) in [7, 11) is 0. The minimum absolute atomic E-state index is 0.405. The van der Waals surface area contributed by atoms with Gasteiger partial charge in [0.05, 0.1) is 9.30 Å². The molecule has 0 saturated carbocycles. The van der Waals surface area contributed by atoms with Gasteiger partial charge in [-0.25, -0.2) is 4.79 Å². The zero-order valence-electron chi connectivity index (χ0n) is 13.6. The van der Waals surface area contributed by atoms with Crippen LogP contribution in [0.15, 0.2) is 23.3 Å².